The molecule has 2 rings (SSSR count). The van der Waals surface area contributed by atoms with Crippen molar-refractivity contribution in [2.24, 2.45) is 0 Å². The average molecular weight is 230 g/mol. The zero-order valence-corrected chi connectivity index (χ0v) is 9.92. The third kappa shape index (κ3) is 2.22. The molecular weight excluding hydrogens is 216 g/mol. The van der Waals surface area contributed by atoms with Crippen LogP contribution in [0.2, 0.25) is 0 Å². The molecule has 2 aromatic rings. The highest BCUT2D eigenvalue weighted by Gasteiger charge is 2.16. The van der Waals surface area contributed by atoms with E-state index in [1.807, 2.05) is 13.8 Å². The number of carbonyl (C=O) groups excluding carboxylic acids is 1. The van der Waals surface area contributed by atoms with Gasteiger partial charge in [-0.05, 0) is 25.0 Å². The van der Waals surface area contributed by atoms with Crippen molar-refractivity contribution < 1.29 is 4.79 Å². The molecule has 0 fully saturated rings. The standard InChI is InChI=1S/C12H14N4O/c1-3-6-16-11(8-14-15-16)12(17)10-4-5-13-7-9(10)2/h4-5,7-8H,3,6H2,1-2H3. The predicted octanol–water partition coefficient (Wildman–Crippen LogP) is 1.62. The molecule has 0 bridgehead atoms. The Balaban J connectivity index is 2.37. The summed E-state index contributed by atoms with van der Waals surface area (Å²) in [5.74, 6) is -0.0525. The topological polar surface area (TPSA) is 60.7 Å². The van der Waals surface area contributed by atoms with Crippen molar-refractivity contribution >= 4 is 5.78 Å². The van der Waals surface area contributed by atoms with E-state index in [-0.39, 0.29) is 5.78 Å². The lowest BCUT2D eigenvalue weighted by molar-refractivity contribution is 0.102. The van der Waals surface area contributed by atoms with Crippen molar-refractivity contribution in [3.05, 3.63) is 41.5 Å². The minimum absolute atomic E-state index is 0.0525. The van der Waals surface area contributed by atoms with E-state index < -0.39 is 0 Å². The van der Waals surface area contributed by atoms with Gasteiger partial charge in [0.25, 0.3) is 0 Å². The molecule has 5 nitrogen and oxygen atoms in total. The van der Waals surface area contributed by atoms with Gasteiger partial charge in [0.15, 0.2) is 0 Å². The van der Waals surface area contributed by atoms with E-state index in [1.165, 1.54) is 6.20 Å². The first-order chi connectivity index (χ1) is 8.24. The minimum Gasteiger partial charge on any atom is -0.287 e. The van der Waals surface area contributed by atoms with Crippen LogP contribution in [0.1, 0.15) is 35.0 Å². The van der Waals surface area contributed by atoms with Gasteiger partial charge in [-0.1, -0.05) is 12.1 Å². The lowest BCUT2D eigenvalue weighted by Gasteiger charge is -2.05. The van der Waals surface area contributed by atoms with Crippen LogP contribution in [-0.4, -0.2) is 25.8 Å². The number of hydrogen-bond acceptors (Lipinski definition) is 4. The summed E-state index contributed by atoms with van der Waals surface area (Å²) >= 11 is 0. The van der Waals surface area contributed by atoms with Gasteiger partial charge >= 0.3 is 0 Å². The molecule has 0 aliphatic rings. The number of nitrogens with zero attached hydrogens (tertiary/aromatic N) is 4. The van der Waals surface area contributed by atoms with Crippen LogP contribution >= 0.6 is 0 Å². The fraction of sp³-hybridized carbons (Fsp3) is 0.333. The Labute approximate surface area is 99.5 Å². The molecule has 0 amide bonds. The zero-order valence-electron chi connectivity index (χ0n) is 9.92. The molecule has 0 aliphatic carbocycles. The first-order valence-electron chi connectivity index (χ1n) is 5.58. The van der Waals surface area contributed by atoms with Gasteiger partial charge in [0.05, 0.1) is 6.20 Å². The second-order valence-electron chi connectivity index (χ2n) is 3.86. The van der Waals surface area contributed by atoms with E-state index in [9.17, 15) is 4.79 Å². The van der Waals surface area contributed by atoms with Crippen molar-refractivity contribution in [2.45, 2.75) is 26.8 Å². The molecule has 0 radical (unpaired) electrons. The smallest absolute Gasteiger partial charge is 0.213 e. The highest BCUT2D eigenvalue weighted by Crippen LogP contribution is 2.12. The van der Waals surface area contributed by atoms with Crippen molar-refractivity contribution in [3.8, 4) is 0 Å². The van der Waals surface area contributed by atoms with E-state index in [1.54, 1.807) is 23.1 Å². The number of hydrogen-bond donors (Lipinski definition) is 0. The molecule has 2 heterocycles. The van der Waals surface area contributed by atoms with Crippen molar-refractivity contribution in [1.82, 2.24) is 20.0 Å². The lowest BCUT2D eigenvalue weighted by Crippen LogP contribution is -2.12. The van der Waals surface area contributed by atoms with Crippen LogP contribution in [0.25, 0.3) is 0 Å². The van der Waals surface area contributed by atoms with E-state index in [4.69, 9.17) is 0 Å². The normalized spacial score (nSPS) is 10.5. The minimum atomic E-state index is -0.0525. The maximum Gasteiger partial charge on any atom is 0.213 e. The van der Waals surface area contributed by atoms with Crippen LogP contribution in [0.15, 0.2) is 24.7 Å². The van der Waals surface area contributed by atoms with Crippen LogP contribution in [0.4, 0.5) is 0 Å². The molecule has 88 valence electrons. The summed E-state index contributed by atoms with van der Waals surface area (Å²) in [7, 11) is 0. The highest BCUT2D eigenvalue weighted by atomic mass is 16.1. The second kappa shape index (κ2) is 4.86. The number of carbonyl (C=O) groups is 1. The van der Waals surface area contributed by atoms with Crippen LogP contribution in [-0.2, 0) is 6.54 Å². The van der Waals surface area contributed by atoms with Crippen LogP contribution < -0.4 is 0 Å². The molecule has 0 atom stereocenters. The van der Waals surface area contributed by atoms with Crippen molar-refractivity contribution in [2.75, 3.05) is 0 Å². The number of aromatic nitrogens is 4. The average Bonchev–Trinajstić information content (AvgIpc) is 2.78. The Morgan fingerprint density at radius 2 is 2.24 bits per heavy atom. The molecule has 0 unspecified atom stereocenters. The number of rotatable bonds is 4. The Morgan fingerprint density at radius 3 is 2.94 bits per heavy atom. The second-order valence-corrected chi connectivity index (χ2v) is 3.86. The number of aryl methyl sites for hydroxylation is 2. The molecule has 17 heavy (non-hydrogen) atoms. The van der Waals surface area contributed by atoms with Crippen molar-refractivity contribution in [1.29, 1.82) is 0 Å². The summed E-state index contributed by atoms with van der Waals surface area (Å²) in [4.78, 5) is 16.3. The third-order valence-electron chi connectivity index (χ3n) is 2.55. The lowest BCUT2D eigenvalue weighted by atomic mass is 10.1. The summed E-state index contributed by atoms with van der Waals surface area (Å²) in [5.41, 5.74) is 2.04. The highest BCUT2D eigenvalue weighted by molar-refractivity contribution is 6.08. The number of pyridine rings is 1. The Bertz CT molecular complexity index is 533. The van der Waals surface area contributed by atoms with Crippen LogP contribution in [0, 0.1) is 6.92 Å². The molecule has 0 aliphatic heterocycles. The van der Waals surface area contributed by atoms with E-state index >= 15 is 0 Å². The largest absolute Gasteiger partial charge is 0.287 e. The maximum atomic E-state index is 12.3. The van der Waals surface area contributed by atoms with Gasteiger partial charge in [-0.2, -0.15) is 0 Å². The third-order valence-corrected chi connectivity index (χ3v) is 2.55. The zero-order chi connectivity index (χ0) is 12.3. The van der Waals surface area contributed by atoms with Crippen LogP contribution in [0.5, 0.6) is 0 Å². The van der Waals surface area contributed by atoms with Gasteiger partial charge in [-0.15, -0.1) is 5.10 Å². The Kier molecular flexibility index (Phi) is 3.27. The molecule has 5 heteroatoms. The van der Waals surface area contributed by atoms with Crippen LogP contribution in [0.3, 0.4) is 0 Å². The summed E-state index contributed by atoms with van der Waals surface area (Å²) in [6.45, 7) is 4.60. The molecular formula is C12H14N4O. The quantitative estimate of drug-likeness (QED) is 0.749. The molecule has 0 aromatic carbocycles. The fourth-order valence-electron chi connectivity index (χ4n) is 1.68. The van der Waals surface area contributed by atoms with Gasteiger partial charge in [-0.3, -0.25) is 9.78 Å². The first kappa shape index (κ1) is 11.4. The number of ketones is 1. The van der Waals surface area contributed by atoms with Gasteiger partial charge in [0, 0.05) is 24.5 Å². The Hall–Kier alpha value is -2.04. The van der Waals surface area contributed by atoms with Gasteiger partial charge in [0.1, 0.15) is 5.69 Å². The summed E-state index contributed by atoms with van der Waals surface area (Å²) in [5, 5.41) is 7.71. The summed E-state index contributed by atoms with van der Waals surface area (Å²) in [6.07, 6.45) is 5.73. The van der Waals surface area contributed by atoms with Gasteiger partial charge < -0.3 is 0 Å². The van der Waals surface area contributed by atoms with Crippen molar-refractivity contribution in [3.63, 3.8) is 0 Å². The maximum absolute atomic E-state index is 12.3. The molecule has 0 spiro atoms. The van der Waals surface area contributed by atoms with E-state index in [2.05, 4.69) is 15.3 Å². The Morgan fingerprint density at radius 1 is 1.41 bits per heavy atom. The molecule has 0 saturated heterocycles. The summed E-state index contributed by atoms with van der Waals surface area (Å²) in [6, 6.07) is 1.72. The first-order valence-corrected chi connectivity index (χ1v) is 5.58. The fourth-order valence-corrected chi connectivity index (χ4v) is 1.68. The molecule has 0 N–H and O–H groups in total. The summed E-state index contributed by atoms with van der Waals surface area (Å²) < 4.78 is 1.64. The predicted molar refractivity (Wildman–Crippen MR) is 62.7 cm³/mol. The van der Waals surface area contributed by atoms with Gasteiger partial charge in [0.2, 0.25) is 5.78 Å². The van der Waals surface area contributed by atoms with E-state index in [0.717, 1.165) is 12.0 Å². The molecule has 0 saturated carbocycles. The van der Waals surface area contributed by atoms with E-state index in [0.29, 0.717) is 17.8 Å². The van der Waals surface area contributed by atoms with Gasteiger partial charge in [-0.25, -0.2) is 4.68 Å². The monoisotopic (exact) mass is 230 g/mol. The molecule has 2 aromatic heterocycles. The SMILES string of the molecule is CCCn1nncc1C(=O)c1ccncc1C.